The number of nitrogens with zero attached hydrogens (tertiary/aromatic N) is 4. The average molecular weight is 300 g/mol. The zero-order chi connectivity index (χ0) is 15.9. The van der Waals surface area contributed by atoms with Crippen LogP contribution in [0.1, 0.15) is 25.3 Å². The minimum atomic E-state index is 0.429. The van der Waals surface area contributed by atoms with Crippen molar-refractivity contribution in [3.8, 4) is 0 Å². The number of likely N-dealkylation sites (N-methyl/N-ethyl adjacent to an activating group) is 1. The quantitative estimate of drug-likeness (QED) is 0.819. The number of nitrogens with one attached hydrogen (secondary N) is 2. The molecule has 0 fully saturated rings. The number of hydrogen-bond acceptors (Lipinski definition) is 6. The van der Waals surface area contributed by atoms with Crippen LogP contribution in [0.5, 0.6) is 0 Å². The third kappa shape index (κ3) is 4.66. The summed E-state index contributed by atoms with van der Waals surface area (Å²) in [4.78, 5) is 6.56. The summed E-state index contributed by atoms with van der Waals surface area (Å²) in [6.45, 7) is 6.08. The maximum atomic E-state index is 4.45. The molecule has 0 unspecified atom stereocenters. The van der Waals surface area contributed by atoms with E-state index < -0.39 is 0 Å². The summed E-state index contributed by atoms with van der Waals surface area (Å²) in [6.07, 6.45) is 1.63. The van der Waals surface area contributed by atoms with Gasteiger partial charge in [-0.3, -0.25) is 0 Å². The minimum Gasteiger partial charge on any atom is -0.367 e. The molecule has 2 rings (SSSR count). The molecule has 0 spiro atoms. The molecule has 0 atom stereocenters. The van der Waals surface area contributed by atoms with Gasteiger partial charge < -0.3 is 15.5 Å². The zero-order valence-electron chi connectivity index (χ0n) is 13.7. The highest BCUT2D eigenvalue weighted by Crippen LogP contribution is 2.25. The Balaban J connectivity index is 2.07. The maximum absolute atomic E-state index is 4.45. The predicted molar refractivity (Wildman–Crippen MR) is 90.7 cm³/mol. The SMILES string of the molecule is CC(C)c1ccccc1Nc1nncc(NCCN(C)C)n1. The molecule has 1 heterocycles. The van der Waals surface area contributed by atoms with Crippen molar-refractivity contribution in [3.63, 3.8) is 0 Å². The Hall–Kier alpha value is -2.21. The molecule has 1 aromatic carbocycles. The average Bonchev–Trinajstić information content (AvgIpc) is 2.47. The number of para-hydroxylation sites is 1. The van der Waals surface area contributed by atoms with Crippen molar-refractivity contribution >= 4 is 17.5 Å². The summed E-state index contributed by atoms with van der Waals surface area (Å²) in [6, 6.07) is 8.18. The Morgan fingerprint density at radius 3 is 2.68 bits per heavy atom. The lowest BCUT2D eigenvalue weighted by molar-refractivity contribution is 0.425. The monoisotopic (exact) mass is 300 g/mol. The summed E-state index contributed by atoms with van der Waals surface area (Å²) >= 11 is 0. The summed E-state index contributed by atoms with van der Waals surface area (Å²) < 4.78 is 0. The first-order valence-electron chi connectivity index (χ1n) is 7.50. The molecule has 0 saturated carbocycles. The molecule has 2 aromatic rings. The second kappa shape index (κ2) is 7.70. The number of hydrogen-bond donors (Lipinski definition) is 2. The van der Waals surface area contributed by atoms with E-state index in [2.05, 4.69) is 50.6 Å². The van der Waals surface area contributed by atoms with Gasteiger partial charge >= 0.3 is 0 Å². The van der Waals surface area contributed by atoms with Crippen LogP contribution in [-0.4, -0.2) is 47.3 Å². The molecular weight excluding hydrogens is 276 g/mol. The van der Waals surface area contributed by atoms with E-state index >= 15 is 0 Å². The van der Waals surface area contributed by atoms with E-state index in [-0.39, 0.29) is 0 Å². The highest BCUT2D eigenvalue weighted by atomic mass is 15.3. The van der Waals surface area contributed by atoms with E-state index in [1.54, 1.807) is 6.20 Å². The van der Waals surface area contributed by atoms with Crippen LogP contribution >= 0.6 is 0 Å². The Bertz CT molecular complexity index is 597. The van der Waals surface area contributed by atoms with Crippen molar-refractivity contribution < 1.29 is 0 Å². The van der Waals surface area contributed by atoms with Crippen LogP contribution in [0.4, 0.5) is 17.5 Å². The standard InChI is InChI=1S/C16H24N6/c1-12(2)13-7-5-6-8-14(13)19-16-20-15(11-18-21-16)17-9-10-22(3)4/h5-8,11-12H,9-10H2,1-4H3,(H2,17,19,20,21). The van der Waals surface area contributed by atoms with E-state index in [1.165, 1.54) is 5.56 Å². The summed E-state index contributed by atoms with van der Waals surface area (Å²) in [7, 11) is 4.07. The van der Waals surface area contributed by atoms with Crippen molar-refractivity contribution in [2.24, 2.45) is 0 Å². The van der Waals surface area contributed by atoms with Crippen LogP contribution in [-0.2, 0) is 0 Å². The van der Waals surface area contributed by atoms with Gasteiger partial charge in [-0.2, -0.15) is 10.1 Å². The summed E-state index contributed by atoms with van der Waals surface area (Å²) in [5.41, 5.74) is 2.25. The fraction of sp³-hybridized carbons (Fsp3) is 0.438. The Morgan fingerprint density at radius 2 is 1.95 bits per heavy atom. The zero-order valence-corrected chi connectivity index (χ0v) is 13.7. The molecule has 6 heteroatoms. The first-order valence-corrected chi connectivity index (χ1v) is 7.50. The van der Waals surface area contributed by atoms with Gasteiger partial charge in [0.25, 0.3) is 0 Å². The van der Waals surface area contributed by atoms with Crippen molar-refractivity contribution in [1.82, 2.24) is 20.1 Å². The van der Waals surface area contributed by atoms with Crippen LogP contribution in [0.3, 0.4) is 0 Å². The van der Waals surface area contributed by atoms with Gasteiger partial charge in [-0.05, 0) is 31.6 Å². The topological polar surface area (TPSA) is 66.0 Å². The Labute approximate surface area is 132 Å². The molecule has 1 aromatic heterocycles. The molecule has 6 nitrogen and oxygen atoms in total. The van der Waals surface area contributed by atoms with Crippen LogP contribution < -0.4 is 10.6 Å². The molecule has 0 saturated heterocycles. The van der Waals surface area contributed by atoms with Gasteiger partial charge in [0.15, 0.2) is 5.82 Å². The molecule has 0 radical (unpaired) electrons. The molecule has 0 aliphatic carbocycles. The maximum Gasteiger partial charge on any atom is 0.249 e. The lowest BCUT2D eigenvalue weighted by atomic mass is 10.0. The van der Waals surface area contributed by atoms with Crippen LogP contribution in [0.15, 0.2) is 30.5 Å². The number of benzene rings is 1. The van der Waals surface area contributed by atoms with Gasteiger partial charge in [-0.25, -0.2) is 0 Å². The van der Waals surface area contributed by atoms with E-state index in [9.17, 15) is 0 Å². The molecule has 0 aliphatic rings. The van der Waals surface area contributed by atoms with Gasteiger partial charge in [0, 0.05) is 18.8 Å². The van der Waals surface area contributed by atoms with Gasteiger partial charge in [0.05, 0.1) is 6.20 Å². The van der Waals surface area contributed by atoms with Crippen LogP contribution in [0.2, 0.25) is 0 Å². The van der Waals surface area contributed by atoms with Gasteiger partial charge in [0.2, 0.25) is 5.95 Å². The van der Waals surface area contributed by atoms with E-state index in [4.69, 9.17) is 0 Å². The van der Waals surface area contributed by atoms with Gasteiger partial charge in [-0.1, -0.05) is 32.0 Å². The molecule has 0 aliphatic heterocycles. The normalized spacial score (nSPS) is 11.0. The number of anilines is 3. The lowest BCUT2D eigenvalue weighted by Crippen LogP contribution is -2.21. The molecule has 0 amide bonds. The van der Waals surface area contributed by atoms with Crippen molar-refractivity contribution in [3.05, 3.63) is 36.0 Å². The van der Waals surface area contributed by atoms with Crippen LogP contribution in [0, 0.1) is 0 Å². The molecule has 22 heavy (non-hydrogen) atoms. The predicted octanol–water partition coefficient (Wildman–Crippen LogP) is 2.71. The second-order valence-corrected chi connectivity index (χ2v) is 5.76. The largest absolute Gasteiger partial charge is 0.367 e. The fourth-order valence-corrected chi connectivity index (χ4v) is 2.08. The fourth-order valence-electron chi connectivity index (χ4n) is 2.08. The smallest absolute Gasteiger partial charge is 0.249 e. The first-order chi connectivity index (χ1) is 10.6. The van der Waals surface area contributed by atoms with Gasteiger partial charge in [-0.15, -0.1) is 5.10 Å². The summed E-state index contributed by atoms with van der Waals surface area (Å²) in [5.74, 6) is 1.65. The van der Waals surface area contributed by atoms with Crippen LogP contribution in [0.25, 0.3) is 0 Å². The van der Waals surface area contributed by atoms with E-state index in [0.717, 1.165) is 24.6 Å². The first kappa shape index (κ1) is 16.2. The van der Waals surface area contributed by atoms with Gasteiger partial charge in [0.1, 0.15) is 0 Å². The van der Waals surface area contributed by atoms with E-state index in [0.29, 0.717) is 11.9 Å². The molecule has 118 valence electrons. The number of rotatable bonds is 7. The van der Waals surface area contributed by atoms with E-state index in [1.807, 2.05) is 32.3 Å². The third-order valence-electron chi connectivity index (χ3n) is 3.25. The third-order valence-corrected chi connectivity index (χ3v) is 3.25. The molecule has 0 bridgehead atoms. The van der Waals surface area contributed by atoms with Crippen molar-refractivity contribution in [1.29, 1.82) is 0 Å². The van der Waals surface area contributed by atoms with Crippen molar-refractivity contribution in [2.75, 3.05) is 37.8 Å². The van der Waals surface area contributed by atoms with Crippen molar-refractivity contribution in [2.45, 2.75) is 19.8 Å². The highest BCUT2D eigenvalue weighted by molar-refractivity contribution is 5.59. The Morgan fingerprint density at radius 1 is 1.18 bits per heavy atom. The second-order valence-electron chi connectivity index (χ2n) is 5.76. The highest BCUT2D eigenvalue weighted by Gasteiger charge is 2.08. The minimum absolute atomic E-state index is 0.429. The number of aromatic nitrogens is 3. The summed E-state index contributed by atoms with van der Waals surface area (Å²) in [5, 5.41) is 14.6. The lowest BCUT2D eigenvalue weighted by Gasteiger charge is -2.14. The molecular formula is C16H24N6. The Kier molecular flexibility index (Phi) is 5.66. The molecule has 2 N–H and O–H groups in total.